The molecule has 114 valence electrons. The molecular weight excluding hydrogens is 280 g/mol. The Bertz CT molecular complexity index is 548. The number of hydrazine groups is 1. The van der Waals surface area contributed by atoms with E-state index < -0.39 is 0 Å². The van der Waals surface area contributed by atoms with Gasteiger partial charge in [0.25, 0.3) is 0 Å². The van der Waals surface area contributed by atoms with Crippen LogP contribution < -0.4 is 11.3 Å². The quantitative estimate of drug-likeness (QED) is 0.608. The van der Waals surface area contributed by atoms with Crippen molar-refractivity contribution < 1.29 is 0 Å². The average molecular weight is 304 g/mol. The number of aryl methyl sites for hydroxylation is 1. The number of nitrogens with two attached hydrogens (primary N) is 1. The summed E-state index contributed by atoms with van der Waals surface area (Å²) in [6, 6.07) is 8.86. The number of rotatable bonds is 7. The summed E-state index contributed by atoms with van der Waals surface area (Å²) in [5, 5.41) is 4.23. The van der Waals surface area contributed by atoms with Crippen molar-refractivity contribution in [2.45, 2.75) is 52.0 Å². The molecule has 0 spiro atoms. The summed E-state index contributed by atoms with van der Waals surface area (Å²) < 4.78 is 4.08. The molecule has 0 aliphatic carbocycles. The van der Waals surface area contributed by atoms with Crippen LogP contribution in [0.15, 0.2) is 24.3 Å². The number of benzene rings is 1. The van der Waals surface area contributed by atoms with Crippen LogP contribution in [0.25, 0.3) is 0 Å². The Balaban J connectivity index is 2.13. The number of nitrogens with zero attached hydrogens (tertiary/aromatic N) is 2. The molecule has 0 aliphatic rings. The summed E-state index contributed by atoms with van der Waals surface area (Å²) in [6.45, 7) is 6.57. The molecule has 21 heavy (non-hydrogen) atoms. The summed E-state index contributed by atoms with van der Waals surface area (Å²) in [7, 11) is 0. The van der Waals surface area contributed by atoms with Gasteiger partial charge in [-0.2, -0.15) is 0 Å². The van der Waals surface area contributed by atoms with Crippen molar-refractivity contribution in [3.8, 4) is 0 Å². The maximum atomic E-state index is 5.76. The predicted molar refractivity (Wildman–Crippen MR) is 88.2 cm³/mol. The summed E-state index contributed by atoms with van der Waals surface area (Å²) in [6.07, 6.45) is 2.88. The second-order valence-electron chi connectivity index (χ2n) is 5.65. The minimum absolute atomic E-state index is 0.0800. The van der Waals surface area contributed by atoms with Crippen LogP contribution in [0.1, 0.15) is 60.8 Å². The van der Waals surface area contributed by atoms with Crippen LogP contribution in [-0.4, -0.2) is 9.59 Å². The van der Waals surface area contributed by atoms with E-state index in [1.54, 1.807) is 0 Å². The Kier molecular flexibility index (Phi) is 5.85. The summed E-state index contributed by atoms with van der Waals surface area (Å²) in [5.41, 5.74) is 6.63. The first-order valence-electron chi connectivity index (χ1n) is 7.51. The van der Waals surface area contributed by atoms with E-state index in [2.05, 4.69) is 60.0 Å². The maximum absolute atomic E-state index is 5.76. The largest absolute Gasteiger partial charge is 0.271 e. The lowest BCUT2D eigenvalue weighted by Gasteiger charge is -2.15. The molecule has 2 aromatic rings. The van der Waals surface area contributed by atoms with Gasteiger partial charge in [0.2, 0.25) is 0 Å². The molecule has 3 N–H and O–H groups in total. The van der Waals surface area contributed by atoms with Crippen LogP contribution >= 0.6 is 11.5 Å². The molecule has 1 unspecified atom stereocenters. The van der Waals surface area contributed by atoms with Crippen molar-refractivity contribution in [3.05, 3.63) is 46.0 Å². The fraction of sp³-hybridized carbons (Fsp3) is 0.500. The topological polar surface area (TPSA) is 63.8 Å². The van der Waals surface area contributed by atoms with Crippen LogP contribution in [0.5, 0.6) is 0 Å². The van der Waals surface area contributed by atoms with Crippen molar-refractivity contribution in [2.75, 3.05) is 0 Å². The molecule has 1 aromatic carbocycles. The fourth-order valence-corrected chi connectivity index (χ4v) is 3.15. The second-order valence-corrected chi connectivity index (χ2v) is 6.44. The van der Waals surface area contributed by atoms with Gasteiger partial charge in [-0.3, -0.25) is 11.3 Å². The van der Waals surface area contributed by atoms with E-state index in [4.69, 9.17) is 5.84 Å². The molecule has 1 heterocycles. The zero-order valence-corrected chi connectivity index (χ0v) is 13.8. The summed E-state index contributed by atoms with van der Waals surface area (Å²) in [4.78, 5) is 1.16. The standard InChI is InChI=1S/C16H24N4S/c1-4-5-14-16(21-20-19-14)15(18-17)10-12-6-8-13(9-7-12)11(2)3/h6-9,11,15,18H,4-5,10,17H2,1-3H3. The second kappa shape index (κ2) is 7.64. The van der Waals surface area contributed by atoms with E-state index in [0.29, 0.717) is 5.92 Å². The van der Waals surface area contributed by atoms with E-state index in [9.17, 15) is 0 Å². The molecule has 0 amide bonds. The highest BCUT2D eigenvalue weighted by molar-refractivity contribution is 7.05. The van der Waals surface area contributed by atoms with Gasteiger partial charge in [-0.05, 0) is 41.4 Å². The van der Waals surface area contributed by atoms with Crippen molar-refractivity contribution in [3.63, 3.8) is 0 Å². The number of aromatic nitrogens is 2. The molecule has 0 aliphatic heterocycles. The zero-order valence-electron chi connectivity index (χ0n) is 13.0. The Morgan fingerprint density at radius 2 is 1.95 bits per heavy atom. The molecule has 0 bridgehead atoms. The molecule has 0 fully saturated rings. The highest BCUT2D eigenvalue weighted by Crippen LogP contribution is 2.25. The minimum Gasteiger partial charge on any atom is -0.271 e. The maximum Gasteiger partial charge on any atom is 0.0804 e. The van der Waals surface area contributed by atoms with E-state index in [0.717, 1.165) is 29.8 Å². The van der Waals surface area contributed by atoms with E-state index in [1.807, 2.05) is 0 Å². The highest BCUT2D eigenvalue weighted by Gasteiger charge is 2.18. The average Bonchev–Trinajstić information content (AvgIpc) is 2.94. The van der Waals surface area contributed by atoms with E-state index >= 15 is 0 Å². The number of hydrogen-bond donors (Lipinski definition) is 2. The van der Waals surface area contributed by atoms with Gasteiger partial charge in [-0.1, -0.05) is 55.9 Å². The first-order chi connectivity index (χ1) is 10.2. The molecule has 0 saturated carbocycles. The third-order valence-corrected chi connectivity index (χ3v) is 4.56. The molecule has 4 nitrogen and oxygen atoms in total. The Hall–Kier alpha value is -1.30. The van der Waals surface area contributed by atoms with Gasteiger partial charge in [0, 0.05) is 0 Å². The van der Waals surface area contributed by atoms with Crippen LogP contribution in [0, 0.1) is 0 Å². The van der Waals surface area contributed by atoms with Crippen molar-refractivity contribution in [1.82, 2.24) is 15.0 Å². The van der Waals surface area contributed by atoms with Crippen molar-refractivity contribution in [1.29, 1.82) is 0 Å². The third kappa shape index (κ3) is 4.09. The molecular formula is C16H24N4S. The van der Waals surface area contributed by atoms with Gasteiger partial charge >= 0.3 is 0 Å². The Morgan fingerprint density at radius 1 is 1.24 bits per heavy atom. The third-order valence-electron chi connectivity index (χ3n) is 3.68. The van der Waals surface area contributed by atoms with E-state index in [-0.39, 0.29) is 6.04 Å². The first-order valence-corrected chi connectivity index (χ1v) is 8.29. The Labute approximate surface area is 130 Å². The van der Waals surface area contributed by atoms with Crippen LogP contribution in [0.3, 0.4) is 0 Å². The zero-order chi connectivity index (χ0) is 15.2. The van der Waals surface area contributed by atoms with Gasteiger partial charge < -0.3 is 0 Å². The smallest absolute Gasteiger partial charge is 0.0804 e. The number of hydrogen-bond acceptors (Lipinski definition) is 5. The molecule has 1 aromatic heterocycles. The number of nitrogens with one attached hydrogen (secondary N) is 1. The molecule has 0 saturated heterocycles. The normalized spacial score (nSPS) is 12.8. The van der Waals surface area contributed by atoms with Gasteiger partial charge in [-0.15, -0.1) is 5.10 Å². The lowest BCUT2D eigenvalue weighted by molar-refractivity contribution is 0.554. The van der Waals surface area contributed by atoms with Crippen LogP contribution in [0.2, 0.25) is 0 Å². The molecule has 5 heteroatoms. The molecule has 2 rings (SSSR count). The van der Waals surface area contributed by atoms with Gasteiger partial charge in [0.05, 0.1) is 16.6 Å². The fourth-order valence-electron chi connectivity index (χ4n) is 2.39. The highest BCUT2D eigenvalue weighted by atomic mass is 32.1. The molecule has 1 atom stereocenters. The van der Waals surface area contributed by atoms with Crippen LogP contribution in [-0.2, 0) is 12.8 Å². The van der Waals surface area contributed by atoms with Gasteiger partial charge in [0.15, 0.2) is 0 Å². The predicted octanol–water partition coefficient (Wildman–Crippen LogP) is 3.36. The van der Waals surface area contributed by atoms with Crippen molar-refractivity contribution >= 4 is 11.5 Å². The summed E-state index contributed by atoms with van der Waals surface area (Å²) in [5.74, 6) is 6.32. The lowest BCUT2D eigenvalue weighted by atomic mass is 9.98. The monoisotopic (exact) mass is 304 g/mol. The van der Waals surface area contributed by atoms with Gasteiger partial charge in [-0.25, -0.2) is 0 Å². The van der Waals surface area contributed by atoms with Crippen molar-refractivity contribution in [2.24, 2.45) is 5.84 Å². The Morgan fingerprint density at radius 3 is 2.52 bits per heavy atom. The first kappa shape index (κ1) is 16.1. The lowest BCUT2D eigenvalue weighted by Crippen LogP contribution is -2.29. The van der Waals surface area contributed by atoms with Crippen LogP contribution in [0.4, 0.5) is 0 Å². The van der Waals surface area contributed by atoms with E-state index in [1.165, 1.54) is 22.7 Å². The SMILES string of the molecule is CCCc1nnsc1C(Cc1ccc(C(C)C)cc1)NN. The van der Waals surface area contributed by atoms with Gasteiger partial charge in [0.1, 0.15) is 0 Å². The minimum atomic E-state index is 0.0800. The molecule has 0 radical (unpaired) electrons. The summed E-state index contributed by atoms with van der Waals surface area (Å²) >= 11 is 1.45.